The van der Waals surface area contributed by atoms with Gasteiger partial charge in [0.25, 0.3) is 11.1 Å². The van der Waals surface area contributed by atoms with Gasteiger partial charge in [0.05, 0.1) is 30.2 Å². The third-order valence-electron chi connectivity index (χ3n) is 3.79. The summed E-state index contributed by atoms with van der Waals surface area (Å²) in [4.78, 5) is 27.0. The Labute approximate surface area is 174 Å². The SMILES string of the molecule is N#Cc1cc(Oc2c(C(F)(F)F)ncn(Cc3ccc(=O)[nH]n3)c2=O)cc(OC(F)F)c1. The van der Waals surface area contributed by atoms with Crippen LogP contribution in [-0.4, -0.2) is 26.4 Å². The number of hydrogen-bond donors (Lipinski definition) is 1. The van der Waals surface area contributed by atoms with E-state index >= 15 is 0 Å². The number of hydrogen-bond acceptors (Lipinski definition) is 7. The maximum Gasteiger partial charge on any atom is 0.437 e. The van der Waals surface area contributed by atoms with Gasteiger partial charge in [-0.15, -0.1) is 0 Å². The fraction of sp³-hybridized carbons (Fsp3) is 0.167. The number of nitrogens with zero attached hydrogens (tertiary/aromatic N) is 4. The van der Waals surface area contributed by atoms with Crippen LogP contribution in [0, 0.1) is 11.3 Å². The van der Waals surface area contributed by atoms with Gasteiger partial charge in [-0.1, -0.05) is 0 Å². The number of benzene rings is 1. The third-order valence-corrected chi connectivity index (χ3v) is 3.79. The molecule has 0 radical (unpaired) electrons. The van der Waals surface area contributed by atoms with Crippen molar-refractivity contribution < 1.29 is 31.4 Å². The van der Waals surface area contributed by atoms with Crippen molar-refractivity contribution in [1.29, 1.82) is 5.26 Å². The van der Waals surface area contributed by atoms with E-state index in [2.05, 4.69) is 19.9 Å². The molecule has 0 saturated heterocycles. The minimum atomic E-state index is -5.10. The number of aromatic amines is 1. The van der Waals surface area contributed by atoms with Crippen molar-refractivity contribution in [3.8, 4) is 23.3 Å². The van der Waals surface area contributed by atoms with Gasteiger partial charge in [0.15, 0.2) is 5.69 Å². The van der Waals surface area contributed by atoms with E-state index in [-0.39, 0.29) is 17.8 Å². The molecule has 1 aromatic carbocycles. The molecule has 0 spiro atoms. The summed E-state index contributed by atoms with van der Waals surface area (Å²) in [5.74, 6) is -2.37. The van der Waals surface area contributed by atoms with E-state index in [1.54, 1.807) is 6.07 Å². The van der Waals surface area contributed by atoms with Gasteiger partial charge in [-0.2, -0.15) is 32.3 Å². The zero-order chi connectivity index (χ0) is 23.5. The highest BCUT2D eigenvalue weighted by Crippen LogP contribution is 2.35. The fourth-order valence-corrected chi connectivity index (χ4v) is 2.50. The summed E-state index contributed by atoms with van der Waals surface area (Å²) in [7, 11) is 0. The number of nitrogens with one attached hydrogen (secondary N) is 1. The molecule has 14 heteroatoms. The molecule has 0 aliphatic carbocycles. The molecule has 32 heavy (non-hydrogen) atoms. The largest absolute Gasteiger partial charge is 0.449 e. The number of nitriles is 1. The maximum absolute atomic E-state index is 13.4. The van der Waals surface area contributed by atoms with E-state index in [0.29, 0.717) is 6.33 Å². The Morgan fingerprint density at radius 3 is 2.47 bits per heavy atom. The second-order valence-corrected chi connectivity index (χ2v) is 6.05. The number of rotatable bonds is 6. The lowest BCUT2D eigenvalue weighted by atomic mass is 10.2. The van der Waals surface area contributed by atoms with Gasteiger partial charge in [0.2, 0.25) is 5.75 Å². The highest BCUT2D eigenvalue weighted by Gasteiger charge is 2.38. The zero-order valence-electron chi connectivity index (χ0n) is 15.6. The molecule has 0 bridgehead atoms. The molecule has 0 saturated carbocycles. The molecule has 166 valence electrons. The molecule has 0 unspecified atom stereocenters. The second kappa shape index (κ2) is 8.84. The lowest BCUT2D eigenvalue weighted by Crippen LogP contribution is -2.27. The summed E-state index contributed by atoms with van der Waals surface area (Å²) >= 11 is 0. The monoisotopic (exact) mass is 455 g/mol. The predicted octanol–water partition coefficient (Wildman–Crippen LogP) is 2.66. The maximum atomic E-state index is 13.4. The summed E-state index contributed by atoms with van der Waals surface area (Å²) < 4.78 is 75.2. The van der Waals surface area contributed by atoms with Gasteiger partial charge in [-0.05, 0) is 18.2 Å². The summed E-state index contributed by atoms with van der Waals surface area (Å²) in [5, 5.41) is 14.8. The number of aromatic nitrogens is 4. The molecule has 0 amide bonds. The van der Waals surface area contributed by atoms with E-state index in [1.807, 2.05) is 0 Å². The molecule has 0 fully saturated rings. The van der Waals surface area contributed by atoms with E-state index in [0.717, 1.165) is 28.8 Å². The Balaban J connectivity index is 2.08. The van der Waals surface area contributed by atoms with Crippen LogP contribution in [0.5, 0.6) is 17.2 Å². The lowest BCUT2D eigenvalue weighted by molar-refractivity contribution is -0.142. The first-order valence-electron chi connectivity index (χ1n) is 8.46. The van der Waals surface area contributed by atoms with Crippen LogP contribution in [0.1, 0.15) is 17.0 Å². The first kappa shape index (κ1) is 22.4. The molecule has 9 nitrogen and oxygen atoms in total. The summed E-state index contributed by atoms with van der Waals surface area (Å²) in [6.07, 6.45) is -4.49. The van der Waals surface area contributed by atoms with Crippen LogP contribution in [0.3, 0.4) is 0 Å². The predicted molar refractivity (Wildman–Crippen MR) is 95.3 cm³/mol. The average molecular weight is 455 g/mol. The molecular formula is C18H10F5N5O4. The van der Waals surface area contributed by atoms with Gasteiger partial charge in [0.1, 0.15) is 11.5 Å². The normalized spacial score (nSPS) is 11.3. The molecular weight excluding hydrogens is 445 g/mol. The first-order chi connectivity index (χ1) is 15.1. The highest BCUT2D eigenvalue weighted by molar-refractivity contribution is 5.46. The Morgan fingerprint density at radius 1 is 1.16 bits per heavy atom. The van der Waals surface area contributed by atoms with Crippen LogP contribution in [0.15, 0.2) is 46.2 Å². The molecule has 2 heterocycles. The smallest absolute Gasteiger partial charge is 0.437 e. The van der Waals surface area contributed by atoms with Crippen LogP contribution < -0.4 is 20.6 Å². The van der Waals surface area contributed by atoms with Crippen molar-refractivity contribution in [3.05, 3.63) is 74.3 Å². The van der Waals surface area contributed by atoms with Crippen molar-refractivity contribution >= 4 is 0 Å². The Hall–Kier alpha value is -4.28. The Morgan fingerprint density at radius 2 is 1.88 bits per heavy atom. The molecule has 0 atom stereocenters. The van der Waals surface area contributed by atoms with Crippen LogP contribution in [-0.2, 0) is 12.7 Å². The fourth-order valence-electron chi connectivity index (χ4n) is 2.50. The number of alkyl halides is 5. The minimum absolute atomic E-state index is 0.123. The number of halogens is 5. The number of ether oxygens (including phenoxy) is 2. The van der Waals surface area contributed by atoms with Crippen molar-refractivity contribution in [3.63, 3.8) is 0 Å². The summed E-state index contributed by atoms with van der Waals surface area (Å²) in [5.41, 5.74) is -3.63. The molecule has 0 aliphatic rings. The van der Waals surface area contributed by atoms with Crippen LogP contribution in [0.2, 0.25) is 0 Å². The van der Waals surface area contributed by atoms with Gasteiger partial charge in [-0.25, -0.2) is 10.1 Å². The topological polar surface area (TPSA) is 123 Å². The van der Waals surface area contributed by atoms with E-state index in [1.165, 1.54) is 6.07 Å². The molecule has 0 aliphatic heterocycles. The molecule has 2 aromatic heterocycles. The Bertz CT molecular complexity index is 1280. The highest BCUT2D eigenvalue weighted by atomic mass is 19.4. The summed E-state index contributed by atoms with van der Waals surface area (Å²) in [6.45, 7) is -3.64. The third kappa shape index (κ3) is 5.25. The molecule has 1 N–H and O–H groups in total. The van der Waals surface area contributed by atoms with Crippen molar-refractivity contribution in [2.24, 2.45) is 0 Å². The number of H-pyrrole nitrogens is 1. The van der Waals surface area contributed by atoms with Gasteiger partial charge in [-0.3, -0.25) is 14.2 Å². The summed E-state index contributed by atoms with van der Waals surface area (Å²) in [6, 6.07) is 6.58. The quantitative estimate of drug-likeness (QED) is 0.567. The van der Waals surface area contributed by atoms with E-state index in [9.17, 15) is 31.5 Å². The van der Waals surface area contributed by atoms with Crippen LogP contribution in [0.25, 0.3) is 0 Å². The van der Waals surface area contributed by atoms with Crippen molar-refractivity contribution in [2.45, 2.75) is 19.3 Å². The zero-order valence-corrected chi connectivity index (χ0v) is 15.6. The molecule has 3 rings (SSSR count). The van der Waals surface area contributed by atoms with Gasteiger partial charge in [0, 0.05) is 12.1 Å². The average Bonchev–Trinajstić information content (AvgIpc) is 2.71. The van der Waals surface area contributed by atoms with Crippen LogP contribution in [0.4, 0.5) is 22.0 Å². The van der Waals surface area contributed by atoms with Crippen molar-refractivity contribution in [2.75, 3.05) is 0 Å². The Kier molecular flexibility index (Phi) is 6.19. The second-order valence-electron chi connectivity index (χ2n) is 6.05. The molecule has 3 aromatic rings. The van der Waals surface area contributed by atoms with E-state index in [4.69, 9.17) is 10.00 Å². The van der Waals surface area contributed by atoms with E-state index < -0.39 is 46.8 Å². The van der Waals surface area contributed by atoms with Gasteiger partial charge >= 0.3 is 12.8 Å². The first-order valence-corrected chi connectivity index (χ1v) is 8.46. The lowest BCUT2D eigenvalue weighted by Gasteiger charge is -2.15. The van der Waals surface area contributed by atoms with Crippen LogP contribution >= 0.6 is 0 Å². The standard InChI is InChI=1S/C18H10F5N5O4/c19-17(20)32-12-4-9(6-24)3-11(5-12)31-14-15(18(21,22)23)25-8-28(16(14)30)7-10-1-2-13(29)27-26-10/h1-5,8,17H,7H2,(H,27,29). The van der Waals surface area contributed by atoms with Crippen molar-refractivity contribution in [1.82, 2.24) is 19.7 Å². The van der Waals surface area contributed by atoms with Gasteiger partial charge < -0.3 is 9.47 Å². The minimum Gasteiger partial charge on any atom is -0.449 e.